The maximum absolute atomic E-state index is 15.2. The first kappa shape index (κ1) is 17.1. The van der Waals surface area contributed by atoms with Crippen LogP contribution >= 0.6 is 23.2 Å². The molecule has 126 valence electrons. The van der Waals surface area contributed by atoms with Crippen molar-refractivity contribution in [1.82, 2.24) is 9.88 Å². The summed E-state index contributed by atoms with van der Waals surface area (Å²) in [4.78, 5) is 17.9. The molecule has 1 aromatic carbocycles. The number of rotatable bonds is 3. The number of hydrogen-bond acceptors (Lipinski definition) is 3. The number of carbonyl (C=O) groups excluding carboxylic acids is 1. The zero-order valence-corrected chi connectivity index (χ0v) is 14.1. The van der Waals surface area contributed by atoms with Crippen LogP contribution in [0.25, 0.3) is 0 Å². The Morgan fingerprint density at radius 2 is 1.92 bits per heavy atom. The van der Waals surface area contributed by atoms with E-state index in [4.69, 9.17) is 23.2 Å². The van der Waals surface area contributed by atoms with Crippen LogP contribution in [0, 0.1) is 0 Å². The van der Waals surface area contributed by atoms with Gasteiger partial charge in [-0.05, 0) is 5.56 Å². The molecule has 4 nitrogen and oxygen atoms in total. The summed E-state index contributed by atoms with van der Waals surface area (Å²) >= 11 is 12.0. The van der Waals surface area contributed by atoms with Gasteiger partial charge in [0.05, 0.1) is 28.8 Å². The van der Waals surface area contributed by atoms with Gasteiger partial charge in [-0.25, -0.2) is 4.39 Å². The molecule has 0 saturated carbocycles. The number of nitrogens with zero attached hydrogens (tertiary/aromatic N) is 2. The van der Waals surface area contributed by atoms with Crippen LogP contribution in [-0.2, 0) is 0 Å². The molecule has 7 heteroatoms. The van der Waals surface area contributed by atoms with Gasteiger partial charge in [0.2, 0.25) is 0 Å². The van der Waals surface area contributed by atoms with Gasteiger partial charge in [0.1, 0.15) is 0 Å². The van der Waals surface area contributed by atoms with E-state index in [0.29, 0.717) is 0 Å². The van der Waals surface area contributed by atoms with E-state index in [2.05, 4.69) is 4.98 Å². The van der Waals surface area contributed by atoms with Crippen LogP contribution in [0.4, 0.5) is 4.39 Å². The fourth-order valence-electron chi connectivity index (χ4n) is 3.05. The third kappa shape index (κ3) is 2.99. The quantitative estimate of drug-likeness (QED) is 0.903. The summed E-state index contributed by atoms with van der Waals surface area (Å²) in [7, 11) is 0. The lowest BCUT2D eigenvalue weighted by molar-refractivity contribution is 0.0576. The zero-order valence-electron chi connectivity index (χ0n) is 12.6. The molecule has 2 aromatic rings. The highest BCUT2D eigenvalue weighted by molar-refractivity contribution is 6.39. The minimum atomic E-state index is -1.91. The first-order valence-corrected chi connectivity index (χ1v) is 8.15. The number of likely N-dealkylation sites (tertiary alicyclic amines) is 1. The van der Waals surface area contributed by atoms with E-state index in [-0.39, 0.29) is 28.7 Å². The molecule has 1 amide bonds. The van der Waals surface area contributed by atoms with Gasteiger partial charge in [-0.15, -0.1) is 0 Å². The molecule has 0 radical (unpaired) electrons. The summed E-state index contributed by atoms with van der Waals surface area (Å²) in [6.07, 6.45) is 2.64. The fraction of sp³-hybridized carbons (Fsp3) is 0.294. The second kappa shape index (κ2) is 6.67. The van der Waals surface area contributed by atoms with Gasteiger partial charge in [0.15, 0.2) is 5.67 Å². The van der Waals surface area contributed by atoms with Gasteiger partial charge in [0.25, 0.3) is 5.91 Å². The van der Waals surface area contributed by atoms with E-state index in [1.807, 2.05) is 6.07 Å². The summed E-state index contributed by atoms with van der Waals surface area (Å²) in [5, 5.41) is 9.79. The van der Waals surface area contributed by atoms with Crippen molar-refractivity contribution < 1.29 is 14.3 Å². The van der Waals surface area contributed by atoms with Gasteiger partial charge in [-0.1, -0.05) is 53.5 Å². The van der Waals surface area contributed by atoms with Gasteiger partial charge < -0.3 is 10.0 Å². The maximum Gasteiger partial charge on any atom is 0.257 e. The molecule has 1 saturated heterocycles. The maximum atomic E-state index is 15.2. The van der Waals surface area contributed by atoms with Crippen molar-refractivity contribution in [2.45, 2.75) is 11.6 Å². The van der Waals surface area contributed by atoms with E-state index >= 15 is 4.39 Å². The number of hydrogen-bond donors (Lipinski definition) is 1. The standard InChI is InChI=1S/C17H15Cl2FN2O2/c18-13-6-21-7-14(19)15(13)16(24)22-8-12(17(20,9-22)10-23)11-4-2-1-3-5-11/h1-7,12,23H,8-10H2/t12-,17-/m0/s1. The lowest BCUT2D eigenvalue weighted by Gasteiger charge is -2.23. The SMILES string of the molecule is O=C(c1c(Cl)cncc1Cl)N1C[C@@H](c2ccccc2)[C@@](F)(CO)C1. The lowest BCUT2D eigenvalue weighted by atomic mass is 9.87. The summed E-state index contributed by atoms with van der Waals surface area (Å²) < 4.78 is 15.2. The first-order chi connectivity index (χ1) is 11.5. The lowest BCUT2D eigenvalue weighted by Crippen LogP contribution is -2.37. The Labute approximate surface area is 148 Å². The normalized spacial score (nSPS) is 23.5. The van der Waals surface area contributed by atoms with Crippen LogP contribution in [0.15, 0.2) is 42.7 Å². The van der Waals surface area contributed by atoms with Gasteiger partial charge >= 0.3 is 0 Å². The third-order valence-electron chi connectivity index (χ3n) is 4.30. The Balaban J connectivity index is 1.93. The van der Waals surface area contributed by atoms with E-state index in [9.17, 15) is 9.90 Å². The summed E-state index contributed by atoms with van der Waals surface area (Å²) in [6.45, 7) is -0.764. The number of aliphatic hydroxyl groups excluding tert-OH is 1. The van der Waals surface area contributed by atoms with E-state index in [1.165, 1.54) is 17.3 Å². The van der Waals surface area contributed by atoms with Crippen molar-refractivity contribution in [1.29, 1.82) is 0 Å². The van der Waals surface area contributed by atoms with E-state index in [1.54, 1.807) is 24.3 Å². The Bertz CT molecular complexity index is 739. The summed E-state index contributed by atoms with van der Waals surface area (Å²) in [6, 6.07) is 9.00. The third-order valence-corrected chi connectivity index (χ3v) is 4.87. The first-order valence-electron chi connectivity index (χ1n) is 7.39. The van der Waals surface area contributed by atoms with Crippen LogP contribution < -0.4 is 0 Å². The minimum absolute atomic E-state index is 0.0994. The molecule has 1 fully saturated rings. The minimum Gasteiger partial charge on any atom is -0.393 e. The van der Waals surface area contributed by atoms with Crippen molar-refractivity contribution >= 4 is 29.1 Å². The number of amides is 1. The summed E-state index contributed by atoms with van der Waals surface area (Å²) in [5.41, 5.74) is -1.08. The van der Waals surface area contributed by atoms with Crippen LogP contribution in [-0.4, -0.2) is 46.3 Å². The van der Waals surface area contributed by atoms with Crippen LogP contribution in [0.1, 0.15) is 21.8 Å². The smallest absolute Gasteiger partial charge is 0.257 e. The average Bonchev–Trinajstić information content (AvgIpc) is 2.94. The topological polar surface area (TPSA) is 53.4 Å². The second-order valence-electron chi connectivity index (χ2n) is 5.82. The highest BCUT2D eigenvalue weighted by Gasteiger charge is 2.49. The monoisotopic (exact) mass is 368 g/mol. The zero-order chi connectivity index (χ0) is 17.3. The Hall–Kier alpha value is -1.69. The van der Waals surface area contributed by atoms with Crippen molar-refractivity contribution in [2.75, 3.05) is 19.7 Å². The number of carbonyl (C=O) groups is 1. The Morgan fingerprint density at radius 3 is 2.50 bits per heavy atom. The highest BCUT2D eigenvalue weighted by Crippen LogP contribution is 2.40. The number of pyridine rings is 1. The molecule has 0 bridgehead atoms. The molecule has 0 aliphatic carbocycles. The molecule has 1 N–H and O–H groups in total. The van der Waals surface area contributed by atoms with E-state index < -0.39 is 24.1 Å². The Kier molecular flexibility index (Phi) is 4.76. The fourth-order valence-corrected chi connectivity index (χ4v) is 3.58. The van der Waals surface area contributed by atoms with Gasteiger partial charge in [0, 0.05) is 24.9 Å². The van der Waals surface area contributed by atoms with Crippen molar-refractivity contribution in [2.24, 2.45) is 0 Å². The molecule has 0 spiro atoms. The predicted molar refractivity (Wildman–Crippen MR) is 90.3 cm³/mol. The molecule has 24 heavy (non-hydrogen) atoms. The van der Waals surface area contributed by atoms with Crippen molar-refractivity contribution in [3.8, 4) is 0 Å². The van der Waals surface area contributed by atoms with Crippen LogP contribution in [0.5, 0.6) is 0 Å². The van der Waals surface area contributed by atoms with Crippen molar-refractivity contribution in [3.63, 3.8) is 0 Å². The molecule has 1 aliphatic rings. The summed E-state index contributed by atoms with van der Waals surface area (Å²) in [5.74, 6) is -1.09. The van der Waals surface area contributed by atoms with Crippen molar-refractivity contribution in [3.05, 3.63) is 63.9 Å². The number of aliphatic hydroxyl groups is 1. The molecule has 3 rings (SSSR count). The molecular formula is C17H15Cl2FN2O2. The van der Waals surface area contributed by atoms with E-state index in [0.717, 1.165) is 5.56 Å². The number of alkyl halides is 1. The van der Waals surface area contributed by atoms with Gasteiger partial charge in [-0.3, -0.25) is 9.78 Å². The predicted octanol–water partition coefficient (Wildman–Crippen LogP) is 3.33. The number of benzene rings is 1. The number of aromatic nitrogens is 1. The molecule has 2 heterocycles. The van der Waals surface area contributed by atoms with Crippen LogP contribution in [0.3, 0.4) is 0 Å². The molecule has 0 unspecified atom stereocenters. The molecule has 1 aliphatic heterocycles. The molecular weight excluding hydrogens is 354 g/mol. The average molecular weight is 369 g/mol. The highest BCUT2D eigenvalue weighted by atomic mass is 35.5. The molecule has 1 aromatic heterocycles. The van der Waals surface area contributed by atoms with Crippen LogP contribution in [0.2, 0.25) is 10.0 Å². The largest absolute Gasteiger partial charge is 0.393 e. The van der Waals surface area contributed by atoms with Gasteiger partial charge in [-0.2, -0.15) is 0 Å². The Morgan fingerprint density at radius 1 is 1.29 bits per heavy atom. The molecule has 2 atom stereocenters. The second-order valence-corrected chi connectivity index (χ2v) is 6.63. The number of halogens is 3.